The first kappa shape index (κ1) is 40.7. The molecular formula is C41H50O9S2Si. The lowest BCUT2D eigenvalue weighted by Gasteiger charge is -2.49. The Balaban J connectivity index is 1.57. The van der Waals surface area contributed by atoms with Crippen LogP contribution < -0.4 is 4.74 Å². The van der Waals surface area contributed by atoms with Crippen LogP contribution in [-0.2, 0) is 45.5 Å². The van der Waals surface area contributed by atoms with Crippen LogP contribution in [0.1, 0.15) is 47.8 Å². The van der Waals surface area contributed by atoms with Gasteiger partial charge in [-0.1, -0.05) is 99.1 Å². The number of carbonyl (C=O) groups excluding carboxylic acids is 1. The number of esters is 1. The van der Waals surface area contributed by atoms with Crippen LogP contribution in [0.15, 0.2) is 114 Å². The van der Waals surface area contributed by atoms with Crippen molar-refractivity contribution in [2.24, 2.45) is 0 Å². The number of ether oxygens (including phenoxy) is 5. The van der Waals surface area contributed by atoms with Gasteiger partial charge >= 0.3 is 5.97 Å². The Morgan fingerprint density at radius 2 is 1.40 bits per heavy atom. The third kappa shape index (κ3) is 10.8. The highest BCUT2D eigenvalue weighted by atomic mass is 33.1. The van der Waals surface area contributed by atoms with Crippen LogP contribution in [0, 0.1) is 6.92 Å². The number of benzene rings is 4. The summed E-state index contributed by atoms with van der Waals surface area (Å²) in [6.45, 7) is 13.0. The van der Waals surface area contributed by atoms with Crippen LogP contribution in [0.3, 0.4) is 0 Å². The number of aryl methyl sites for hydroxylation is 1. The van der Waals surface area contributed by atoms with E-state index >= 15 is 0 Å². The van der Waals surface area contributed by atoms with Gasteiger partial charge in [0.05, 0.1) is 37.4 Å². The van der Waals surface area contributed by atoms with Gasteiger partial charge in [0.15, 0.2) is 19.9 Å². The van der Waals surface area contributed by atoms with Gasteiger partial charge in [0.2, 0.25) is 8.87 Å². The van der Waals surface area contributed by atoms with Gasteiger partial charge in [0, 0.05) is 10.8 Å². The molecule has 0 spiro atoms. The van der Waals surface area contributed by atoms with E-state index in [2.05, 4.69) is 33.9 Å². The van der Waals surface area contributed by atoms with Crippen molar-refractivity contribution in [2.45, 2.75) is 93.8 Å². The average Bonchev–Trinajstić information content (AvgIpc) is 3.13. The molecule has 0 aromatic heterocycles. The largest absolute Gasteiger partial charge is 0.497 e. The second-order valence-electron chi connectivity index (χ2n) is 14.6. The van der Waals surface area contributed by atoms with Crippen LogP contribution >= 0.6 is 10.8 Å². The topological polar surface area (TPSA) is 107 Å². The fourth-order valence-electron chi connectivity index (χ4n) is 5.50. The minimum absolute atomic E-state index is 0.0531. The first-order chi connectivity index (χ1) is 25.2. The van der Waals surface area contributed by atoms with Crippen molar-refractivity contribution in [3.63, 3.8) is 0 Å². The number of carbonyl (C=O) groups is 1. The molecule has 0 saturated carbocycles. The zero-order valence-corrected chi connectivity index (χ0v) is 34.0. The van der Waals surface area contributed by atoms with Crippen LogP contribution in [-0.4, -0.2) is 66.3 Å². The summed E-state index contributed by atoms with van der Waals surface area (Å²) in [5.41, 5.74) is 1.84. The van der Waals surface area contributed by atoms with E-state index in [-0.39, 0.29) is 29.8 Å². The standard InChI is InChI=1S/C41H50O9S2Si/c1-29-18-24-34(25-19-29)52(43,44)51-40-38(49-39(42)32-16-12-9-13-17-32)37(47-27-30-14-10-8-11-15-30)36(50-53(6,7)41(2,3)4)35(48-40)28-46-26-31-20-22-33(45-5)23-21-31/h8-25,35-38,40H,26-28H2,1-7H3/t35-,36-,37+,38-,40+/m1/s1. The summed E-state index contributed by atoms with van der Waals surface area (Å²) in [7, 11) is -4.35. The van der Waals surface area contributed by atoms with Crippen LogP contribution in [0.5, 0.6) is 5.75 Å². The molecule has 12 heteroatoms. The molecule has 0 unspecified atom stereocenters. The third-order valence-electron chi connectivity index (χ3n) is 9.61. The van der Waals surface area contributed by atoms with Gasteiger partial charge in [0.25, 0.3) is 0 Å². The van der Waals surface area contributed by atoms with Gasteiger partial charge in [-0.2, -0.15) is 0 Å². The quantitative estimate of drug-likeness (QED) is 0.0662. The normalized spacial score (nSPS) is 20.8. The molecule has 9 nitrogen and oxygen atoms in total. The monoisotopic (exact) mass is 778 g/mol. The van der Waals surface area contributed by atoms with Crippen molar-refractivity contribution >= 4 is 33.9 Å². The summed E-state index contributed by atoms with van der Waals surface area (Å²) in [6, 6.07) is 32.4. The van der Waals surface area contributed by atoms with Crippen LogP contribution in [0.2, 0.25) is 18.1 Å². The molecular weight excluding hydrogens is 729 g/mol. The first-order valence-corrected chi connectivity index (χ1v) is 23.4. The van der Waals surface area contributed by atoms with E-state index in [4.69, 9.17) is 28.1 Å². The van der Waals surface area contributed by atoms with E-state index in [1.807, 2.05) is 61.5 Å². The molecule has 1 fully saturated rings. The SMILES string of the molecule is COc1ccc(COC[C@H]2O[C@@H](SS(=O)(=O)c3ccc(C)cc3)[C@H](OC(=O)c3ccccc3)[C@@H](OCc3ccccc3)[C@@H]2O[Si](C)(C)C(C)(C)C)cc1. The minimum Gasteiger partial charge on any atom is -0.497 e. The Kier molecular flexibility index (Phi) is 13.6. The molecule has 1 aliphatic rings. The van der Waals surface area contributed by atoms with E-state index in [0.717, 1.165) is 22.4 Å². The molecule has 5 rings (SSSR count). The average molecular weight is 779 g/mol. The predicted octanol–water partition coefficient (Wildman–Crippen LogP) is 8.57. The summed E-state index contributed by atoms with van der Waals surface area (Å²) < 4.78 is 66.5. The van der Waals surface area contributed by atoms with Gasteiger partial charge in [-0.15, -0.1) is 0 Å². The molecule has 53 heavy (non-hydrogen) atoms. The molecule has 4 aromatic carbocycles. The molecule has 0 aliphatic carbocycles. The molecule has 284 valence electrons. The number of hydrogen-bond acceptors (Lipinski definition) is 10. The third-order valence-corrected chi connectivity index (χ3v) is 17.7. The van der Waals surface area contributed by atoms with Crippen molar-refractivity contribution in [3.05, 3.63) is 131 Å². The maximum atomic E-state index is 14.0. The van der Waals surface area contributed by atoms with Gasteiger partial charge in [0.1, 0.15) is 24.1 Å². The lowest BCUT2D eigenvalue weighted by Crippen LogP contribution is -2.63. The van der Waals surface area contributed by atoms with Crippen LogP contribution in [0.4, 0.5) is 0 Å². The second kappa shape index (κ2) is 17.8. The maximum Gasteiger partial charge on any atom is 0.338 e. The molecule has 4 aromatic rings. The first-order valence-electron chi connectivity index (χ1n) is 17.6. The highest BCUT2D eigenvalue weighted by Crippen LogP contribution is 2.43. The number of methoxy groups -OCH3 is 1. The summed E-state index contributed by atoms with van der Waals surface area (Å²) in [5.74, 6) is 0.0995. The maximum absolute atomic E-state index is 14.0. The van der Waals surface area contributed by atoms with E-state index < -0.39 is 53.0 Å². The van der Waals surface area contributed by atoms with Crippen LogP contribution in [0.25, 0.3) is 0 Å². The summed E-state index contributed by atoms with van der Waals surface area (Å²) in [5, 5.41) is -0.206. The second-order valence-corrected chi connectivity index (χ2v) is 23.3. The predicted molar refractivity (Wildman–Crippen MR) is 210 cm³/mol. The zero-order chi connectivity index (χ0) is 38.2. The molecule has 0 amide bonds. The molecule has 0 N–H and O–H groups in total. The lowest BCUT2D eigenvalue weighted by molar-refractivity contribution is -0.222. The van der Waals surface area contributed by atoms with E-state index in [9.17, 15) is 13.2 Å². The number of hydrogen-bond donors (Lipinski definition) is 0. The summed E-state index contributed by atoms with van der Waals surface area (Å²) >= 11 is 0. The Hall–Kier alpha value is -3.49. The van der Waals surface area contributed by atoms with Crippen molar-refractivity contribution in [1.82, 2.24) is 0 Å². The van der Waals surface area contributed by atoms with Gasteiger partial charge in [-0.3, -0.25) is 0 Å². The molecule has 0 bridgehead atoms. The van der Waals surface area contributed by atoms with E-state index in [1.54, 1.807) is 61.7 Å². The Labute approximate surface area is 318 Å². The Morgan fingerprint density at radius 3 is 2.00 bits per heavy atom. The number of rotatable bonds is 15. The van der Waals surface area contributed by atoms with E-state index in [0.29, 0.717) is 16.4 Å². The van der Waals surface area contributed by atoms with Crippen molar-refractivity contribution < 1.29 is 41.3 Å². The Bertz CT molecular complexity index is 1860. The van der Waals surface area contributed by atoms with Gasteiger partial charge in [-0.05, 0) is 72.6 Å². The fourth-order valence-corrected chi connectivity index (χ4v) is 10.0. The fraction of sp³-hybridized carbons (Fsp3) is 0.390. The molecule has 1 heterocycles. The van der Waals surface area contributed by atoms with Crippen molar-refractivity contribution in [2.75, 3.05) is 13.7 Å². The minimum atomic E-state index is -4.01. The van der Waals surface area contributed by atoms with Gasteiger partial charge < -0.3 is 28.1 Å². The van der Waals surface area contributed by atoms with Gasteiger partial charge in [-0.25, -0.2) is 13.2 Å². The molecule has 1 saturated heterocycles. The molecule has 0 radical (unpaired) electrons. The molecule has 5 atom stereocenters. The van der Waals surface area contributed by atoms with Crippen molar-refractivity contribution in [3.8, 4) is 5.75 Å². The summed E-state index contributed by atoms with van der Waals surface area (Å²) in [6.07, 6.45) is -3.71. The van der Waals surface area contributed by atoms with Crippen molar-refractivity contribution in [1.29, 1.82) is 0 Å². The summed E-state index contributed by atoms with van der Waals surface area (Å²) in [4.78, 5) is 13.9. The zero-order valence-electron chi connectivity index (χ0n) is 31.4. The smallest absolute Gasteiger partial charge is 0.338 e. The lowest BCUT2D eigenvalue weighted by atomic mass is 9.99. The highest BCUT2D eigenvalue weighted by Gasteiger charge is 2.54. The Morgan fingerprint density at radius 1 is 0.792 bits per heavy atom. The highest BCUT2D eigenvalue weighted by molar-refractivity contribution is 8.72. The molecule has 1 aliphatic heterocycles. The van der Waals surface area contributed by atoms with E-state index in [1.165, 1.54) is 0 Å².